The maximum atomic E-state index is 2.98. The molecule has 1 aromatic heterocycles. The summed E-state index contributed by atoms with van der Waals surface area (Å²) < 4.78 is 2.60. The van der Waals surface area contributed by atoms with E-state index in [4.69, 9.17) is 0 Å². The van der Waals surface area contributed by atoms with Crippen LogP contribution in [0, 0.1) is 5.92 Å². The third-order valence-corrected chi connectivity index (χ3v) is 8.67. The summed E-state index contributed by atoms with van der Waals surface area (Å²) in [5.41, 5.74) is 9.07. The zero-order valence-corrected chi connectivity index (χ0v) is 22.4. The minimum absolute atomic E-state index is 0.640. The van der Waals surface area contributed by atoms with Crippen LogP contribution in [-0.4, -0.2) is 21.6 Å². The van der Waals surface area contributed by atoms with Gasteiger partial charge >= 0.3 is 0 Å². The summed E-state index contributed by atoms with van der Waals surface area (Å²) in [5, 5.41) is 1.45. The molecule has 2 aromatic carbocycles. The molecule has 1 aliphatic carbocycles. The number of fused-ring (bicyclic) bond motifs is 4. The summed E-state index contributed by atoms with van der Waals surface area (Å²) in [6.07, 6.45) is 12.8. The Bertz CT molecular complexity index is 1170. The van der Waals surface area contributed by atoms with Crippen LogP contribution in [0.15, 0.2) is 60.2 Å². The number of nitrogens with zero attached hydrogens (tertiary/aromatic N) is 2. The number of aryl methyl sites for hydroxylation is 1. The molecular formula is C33H44N2. The Morgan fingerprint density at radius 1 is 0.829 bits per heavy atom. The lowest BCUT2D eigenvalue weighted by atomic mass is 9.85. The summed E-state index contributed by atoms with van der Waals surface area (Å²) in [6.45, 7) is 9.62. The number of aromatic nitrogens is 1. The van der Waals surface area contributed by atoms with Gasteiger partial charge in [0.15, 0.2) is 0 Å². The molecule has 0 saturated carbocycles. The predicted molar refractivity (Wildman–Crippen MR) is 151 cm³/mol. The fourth-order valence-corrected chi connectivity index (χ4v) is 7.01. The monoisotopic (exact) mass is 468 g/mol. The van der Waals surface area contributed by atoms with E-state index in [0.29, 0.717) is 18.0 Å². The molecule has 1 aliphatic heterocycles. The van der Waals surface area contributed by atoms with Crippen LogP contribution in [0.5, 0.6) is 0 Å². The Labute approximate surface area is 213 Å². The highest BCUT2D eigenvalue weighted by atomic mass is 15.2. The molecule has 3 unspecified atom stereocenters. The van der Waals surface area contributed by atoms with Gasteiger partial charge in [-0.2, -0.15) is 0 Å². The van der Waals surface area contributed by atoms with Gasteiger partial charge in [0.25, 0.3) is 0 Å². The molecule has 5 rings (SSSR count). The zero-order chi connectivity index (χ0) is 24.4. The number of para-hydroxylation sites is 2. The van der Waals surface area contributed by atoms with Crippen molar-refractivity contribution < 1.29 is 0 Å². The Hall–Kier alpha value is -2.48. The molecule has 0 bridgehead atoms. The Kier molecular flexibility index (Phi) is 7.37. The van der Waals surface area contributed by atoms with Gasteiger partial charge in [-0.3, -0.25) is 0 Å². The van der Waals surface area contributed by atoms with E-state index in [9.17, 15) is 0 Å². The molecule has 35 heavy (non-hydrogen) atoms. The van der Waals surface area contributed by atoms with Crippen LogP contribution in [0.4, 0.5) is 0 Å². The molecule has 0 amide bonds. The van der Waals surface area contributed by atoms with Crippen molar-refractivity contribution in [2.24, 2.45) is 5.92 Å². The van der Waals surface area contributed by atoms with E-state index in [0.717, 1.165) is 0 Å². The normalized spacial score (nSPS) is 20.4. The van der Waals surface area contributed by atoms with Gasteiger partial charge in [0.1, 0.15) is 0 Å². The molecule has 2 aliphatic rings. The van der Waals surface area contributed by atoms with Crippen LogP contribution in [0.25, 0.3) is 22.3 Å². The summed E-state index contributed by atoms with van der Waals surface area (Å²) in [6, 6.07) is 21.5. The molecule has 0 N–H and O–H groups in total. The fourth-order valence-electron chi connectivity index (χ4n) is 7.01. The SMILES string of the molecule is CCCCC(CCC)N1C2=C(CCc3c2n(-c2ccccc2)c2ccccc32)C(C)C1CCCC. The van der Waals surface area contributed by atoms with Gasteiger partial charge < -0.3 is 9.47 Å². The number of benzene rings is 2. The summed E-state index contributed by atoms with van der Waals surface area (Å²) >= 11 is 0. The topological polar surface area (TPSA) is 8.17 Å². The molecule has 186 valence electrons. The standard InChI is InChI=1S/C33H44N2/c1-5-8-16-25(15-7-3)34-30(20-9-6-2)24(4)27-22-23-29-28-19-13-14-21-31(28)35(33(29)32(27)34)26-17-11-10-12-18-26/h10-14,17-19,21,24-25,30H,5-9,15-16,20,22-23H2,1-4H3. The zero-order valence-electron chi connectivity index (χ0n) is 22.4. The lowest BCUT2D eigenvalue weighted by molar-refractivity contribution is 0.174. The molecule has 3 atom stereocenters. The van der Waals surface area contributed by atoms with E-state index in [1.54, 1.807) is 16.8 Å². The molecular weight excluding hydrogens is 424 g/mol. The van der Waals surface area contributed by atoms with E-state index in [1.165, 1.54) is 86.5 Å². The molecule has 3 aromatic rings. The van der Waals surface area contributed by atoms with E-state index < -0.39 is 0 Å². The lowest BCUT2D eigenvalue weighted by Crippen LogP contribution is -2.41. The minimum atomic E-state index is 0.640. The van der Waals surface area contributed by atoms with Crippen molar-refractivity contribution in [1.82, 2.24) is 9.47 Å². The van der Waals surface area contributed by atoms with Gasteiger partial charge in [-0.1, -0.05) is 96.2 Å². The smallest absolute Gasteiger partial charge is 0.0734 e. The van der Waals surface area contributed by atoms with Gasteiger partial charge in [-0.25, -0.2) is 0 Å². The molecule has 2 nitrogen and oxygen atoms in total. The quantitative estimate of drug-likeness (QED) is 0.288. The minimum Gasteiger partial charge on any atom is -0.363 e. The van der Waals surface area contributed by atoms with Crippen molar-refractivity contribution in [2.45, 2.75) is 104 Å². The van der Waals surface area contributed by atoms with Crippen LogP contribution in [0.3, 0.4) is 0 Å². The number of hydrogen-bond acceptors (Lipinski definition) is 1. The van der Waals surface area contributed by atoms with Crippen LogP contribution in [0.2, 0.25) is 0 Å². The fraction of sp³-hybridized carbons (Fsp3) is 0.515. The van der Waals surface area contributed by atoms with Gasteiger partial charge in [-0.15, -0.1) is 0 Å². The van der Waals surface area contributed by atoms with Crippen LogP contribution >= 0.6 is 0 Å². The van der Waals surface area contributed by atoms with Gasteiger partial charge in [-0.05, 0) is 67.4 Å². The molecule has 2 heteroatoms. The van der Waals surface area contributed by atoms with Gasteiger partial charge in [0, 0.05) is 23.2 Å². The van der Waals surface area contributed by atoms with Gasteiger partial charge in [0.05, 0.1) is 16.9 Å². The number of rotatable bonds is 10. The van der Waals surface area contributed by atoms with Crippen LogP contribution in [0.1, 0.15) is 96.7 Å². The van der Waals surface area contributed by atoms with Crippen molar-refractivity contribution in [1.29, 1.82) is 0 Å². The van der Waals surface area contributed by atoms with Crippen molar-refractivity contribution in [3.05, 3.63) is 71.4 Å². The van der Waals surface area contributed by atoms with Crippen molar-refractivity contribution >= 4 is 16.6 Å². The van der Waals surface area contributed by atoms with Crippen molar-refractivity contribution in [3.63, 3.8) is 0 Å². The molecule has 0 saturated heterocycles. The summed E-state index contributed by atoms with van der Waals surface area (Å²) in [7, 11) is 0. The second kappa shape index (κ2) is 10.6. The number of hydrogen-bond donors (Lipinski definition) is 0. The third-order valence-electron chi connectivity index (χ3n) is 8.67. The Morgan fingerprint density at radius 2 is 1.57 bits per heavy atom. The maximum absolute atomic E-state index is 2.98. The van der Waals surface area contributed by atoms with E-state index in [1.807, 2.05) is 0 Å². The molecule has 2 heterocycles. The van der Waals surface area contributed by atoms with E-state index >= 15 is 0 Å². The number of unbranched alkanes of at least 4 members (excludes halogenated alkanes) is 2. The Balaban J connectivity index is 1.74. The first kappa shape index (κ1) is 24.2. The molecule has 0 fully saturated rings. The maximum Gasteiger partial charge on any atom is 0.0734 e. The van der Waals surface area contributed by atoms with Crippen molar-refractivity contribution in [2.75, 3.05) is 0 Å². The lowest BCUT2D eigenvalue weighted by Gasteiger charge is -2.40. The van der Waals surface area contributed by atoms with E-state index in [-0.39, 0.29) is 0 Å². The van der Waals surface area contributed by atoms with E-state index in [2.05, 4.69) is 91.8 Å². The predicted octanol–water partition coefficient (Wildman–Crippen LogP) is 9.16. The highest BCUT2D eigenvalue weighted by Gasteiger charge is 2.44. The summed E-state index contributed by atoms with van der Waals surface area (Å²) in [5.74, 6) is 0.646. The second-order valence-electron chi connectivity index (χ2n) is 10.9. The van der Waals surface area contributed by atoms with Crippen LogP contribution < -0.4 is 0 Å². The first-order valence-corrected chi connectivity index (χ1v) is 14.4. The first-order chi connectivity index (χ1) is 17.2. The van der Waals surface area contributed by atoms with Gasteiger partial charge in [0.2, 0.25) is 0 Å². The first-order valence-electron chi connectivity index (χ1n) is 14.4. The van der Waals surface area contributed by atoms with Crippen molar-refractivity contribution in [3.8, 4) is 5.69 Å². The molecule has 0 spiro atoms. The third kappa shape index (κ3) is 4.24. The average Bonchev–Trinajstić information content (AvgIpc) is 3.38. The Morgan fingerprint density at radius 3 is 2.31 bits per heavy atom. The highest BCUT2D eigenvalue weighted by molar-refractivity contribution is 5.93. The average molecular weight is 469 g/mol. The van der Waals surface area contributed by atoms with Crippen LogP contribution in [-0.2, 0) is 6.42 Å². The molecule has 0 radical (unpaired) electrons. The largest absolute Gasteiger partial charge is 0.363 e. The second-order valence-corrected chi connectivity index (χ2v) is 10.9. The highest BCUT2D eigenvalue weighted by Crippen LogP contribution is 2.51. The summed E-state index contributed by atoms with van der Waals surface area (Å²) in [4.78, 5) is 2.98.